The molecule has 1 heterocycles. The fraction of sp³-hybridized carbons (Fsp3) is 0.375. The van der Waals surface area contributed by atoms with E-state index < -0.39 is 0 Å². The molecule has 18 heavy (non-hydrogen) atoms. The summed E-state index contributed by atoms with van der Waals surface area (Å²) < 4.78 is 0. The van der Waals surface area contributed by atoms with Crippen molar-refractivity contribution in [3.63, 3.8) is 0 Å². The van der Waals surface area contributed by atoms with Crippen molar-refractivity contribution in [3.05, 3.63) is 47.5 Å². The molecule has 0 unspecified atom stereocenters. The number of allylic oxidation sites excluding steroid dienone is 2. The van der Waals surface area contributed by atoms with Crippen LogP contribution in [0.3, 0.4) is 0 Å². The Balaban J connectivity index is 2.03. The zero-order chi connectivity index (χ0) is 12.2. The number of nitrogens with zero attached hydrogens (tertiary/aromatic N) is 1. The number of carbonyl (C=O) groups excluding carboxylic acids is 1. The van der Waals surface area contributed by atoms with Gasteiger partial charge in [-0.3, -0.25) is 9.79 Å². The van der Waals surface area contributed by atoms with Gasteiger partial charge < -0.3 is 0 Å². The third-order valence-corrected chi connectivity index (χ3v) is 4.83. The molecule has 0 amide bonds. The third kappa shape index (κ3) is 1.08. The van der Waals surface area contributed by atoms with Crippen molar-refractivity contribution in [1.29, 1.82) is 0 Å². The fourth-order valence-electron chi connectivity index (χ4n) is 4.02. The second-order valence-corrected chi connectivity index (χ2v) is 5.54. The molecule has 3 atom stereocenters. The van der Waals surface area contributed by atoms with Crippen LogP contribution in [0.25, 0.3) is 0 Å². The highest BCUT2D eigenvalue weighted by Crippen LogP contribution is 2.50. The van der Waals surface area contributed by atoms with Crippen LogP contribution in [0.5, 0.6) is 0 Å². The van der Waals surface area contributed by atoms with Crippen molar-refractivity contribution >= 4 is 12.0 Å². The second-order valence-electron chi connectivity index (χ2n) is 5.54. The van der Waals surface area contributed by atoms with Crippen molar-refractivity contribution in [2.75, 3.05) is 0 Å². The summed E-state index contributed by atoms with van der Waals surface area (Å²) in [7, 11) is 0. The van der Waals surface area contributed by atoms with Gasteiger partial charge in [0.1, 0.15) is 0 Å². The van der Waals surface area contributed by atoms with Crippen LogP contribution in [0.4, 0.5) is 0 Å². The molecule has 4 rings (SSSR count). The molecule has 2 nitrogen and oxygen atoms in total. The van der Waals surface area contributed by atoms with E-state index in [2.05, 4.69) is 29.3 Å². The highest BCUT2D eigenvalue weighted by molar-refractivity contribution is 6.03. The molecule has 1 aliphatic heterocycles. The van der Waals surface area contributed by atoms with E-state index in [1.807, 2.05) is 12.3 Å². The van der Waals surface area contributed by atoms with Crippen LogP contribution >= 0.6 is 0 Å². The Morgan fingerprint density at radius 2 is 2.17 bits per heavy atom. The molecule has 90 valence electrons. The summed E-state index contributed by atoms with van der Waals surface area (Å²) in [4.78, 5) is 17.2. The molecule has 1 aromatic rings. The zero-order valence-electron chi connectivity index (χ0n) is 10.2. The highest BCUT2D eigenvalue weighted by Gasteiger charge is 2.54. The Bertz CT molecular complexity index is 587. The molecule has 1 aromatic carbocycles. The van der Waals surface area contributed by atoms with Gasteiger partial charge in [0, 0.05) is 12.1 Å². The number of ketones is 1. The summed E-state index contributed by atoms with van der Waals surface area (Å²) in [6, 6.07) is 8.73. The second kappa shape index (κ2) is 3.41. The van der Waals surface area contributed by atoms with Crippen molar-refractivity contribution in [2.45, 2.75) is 30.7 Å². The van der Waals surface area contributed by atoms with Crippen LogP contribution in [-0.4, -0.2) is 18.0 Å². The Morgan fingerprint density at radius 1 is 1.28 bits per heavy atom. The van der Waals surface area contributed by atoms with E-state index in [4.69, 9.17) is 0 Å². The van der Waals surface area contributed by atoms with Crippen LogP contribution in [0.15, 0.2) is 41.4 Å². The van der Waals surface area contributed by atoms with Gasteiger partial charge in [-0.1, -0.05) is 30.3 Å². The maximum absolute atomic E-state index is 12.6. The van der Waals surface area contributed by atoms with Gasteiger partial charge in [0.05, 0.1) is 11.5 Å². The molecule has 0 N–H and O–H groups in total. The van der Waals surface area contributed by atoms with Crippen LogP contribution < -0.4 is 0 Å². The first-order valence-corrected chi connectivity index (χ1v) is 6.63. The molecule has 0 saturated heterocycles. The van der Waals surface area contributed by atoms with Gasteiger partial charge >= 0.3 is 0 Å². The quantitative estimate of drug-likeness (QED) is 0.681. The maximum Gasteiger partial charge on any atom is 0.166 e. The number of hydrogen-bond acceptors (Lipinski definition) is 2. The topological polar surface area (TPSA) is 29.4 Å². The number of fused-ring (bicyclic) bond motifs is 1. The summed E-state index contributed by atoms with van der Waals surface area (Å²) >= 11 is 0. The maximum atomic E-state index is 12.6. The lowest BCUT2D eigenvalue weighted by molar-refractivity contribution is -0.123. The lowest BCUT2D eigenvalue weighted by atomic mass is 9.54. The van der Waals surface area contributed by atoms with Crippen molar-refractivity contribution < 1.29 is 4.79 Å². The van der Waals surface area contributed by atoms with E-state index in [9.17, 15) is 4.79 Å². The van der Waals surface area contributed by atoms with Crippen LogP contribution in [-0.2, 0) is 16.6 Å². The molecule has 0 radical (unpaired) electrons. The number of rotatable bonds is 0. The summed E-state index contributed by atoms with van der Waals surface area (Å²) in [5, 5.41) is 0. The Morgan fingerprint density at radius 3 is 3.11 bits per heavy atom. The van der Waals surface area contributed by atoms with E-state index in [0.717, 1.165) is 19.3 Å². The van der Waals surface area contributed by atoms with Crippen LogP contribution in [0, 0.1) is 5.92 Å². The van der Waals surface area contributed by atoms with E-state index in [-0.39, 0.29) is 11.2 Å². The minimum Gasteiger partial charge on any atom is -0.294 e. The fourth-order valence-corrected chi connectivity index (χ4v) is 4.02. The van der Waals surface area contributed by atoms with Gasteiger partial charge in [0.25, 0.3) is 0 Å². The standard InChI is InChI=1S/C16H15NO/c18-15-7-3-6-13-14-10-11-4-1-2-5-12(11)16(13,15)8-9-17-14/h1-5,7,9,13-14H,6,8,10H2/t13-,14+,16+/m0/s1. The Hall–Kier alpha value is -1.70. The van der Waals surface area contributed by atoms with Crippen LogP contribution in [0.2, 0.25) is 0 Å². The summed E-state index contributed by atoms with van der Waals surface area (Å²) in [6.07, 6.45) is 8.55. The smallest absolute Gasteiger partial charge is 0.166 e. The predicted molar refractivity (Wildman–Crippen MR) is 71.0 cm³/mol. The van der Waals surface area contributed by atoms with Crippen molar-refractivity contribution in [2.24, 2.45) is 10.9 Å². The first kappa shape index (κ1) is 10.2. The third-order valence-electron chi connectivity index (χ3n) is 4.83. The Kier molecular flexibility index (Phi) is 1.94. The largest absolute Gasteiger partial charge is 0.294 e. The summed E-state index contributed by atoms with van der Waals surface area (Å²) in [6.45, 7) is 0. The Labute approximate surface area is 106 Å². The minimum absolute atomic E-state index is 0.280. The van der Waals surface area contributed by atoms with E-state index >= 15 is 0 Å². The van der Waals surface area contributed by atoms with Gasteiger partial charge in [-0.25, -0.2) is 0 Å². The molecule has 0 spiro atoms. The lowest BCUT2D eigenvalue weighted by Gasteiger charge is -2.49. The van der Waals surface area contributed by atoms with E-state index in [1.54, 1.807) is 6.08 Å². The first-order chi connectivity index (χ1) is 8.82. The monoisotopic (exact) mass is 237 g/mol. The minimum atomic E-state index is -0.310. The lowest BCUT2D eigenvalue weighted by Crippen LogP contribution is -2.54. The predicted octanol–water partition coefficient (Wildman–Crippen LogP) is 2.47. The number of benzene rings is 1. The van der Waals surface area contributed by atoms with Crippen molar-refractivity contribution in [1.82, 2.24) is 0 Å². The molecular weight excluding hydrogens is 222 g/mol. The normalized spacial score (nSPS) is 36.1. The van der Waals surface area contributed by atoms with Gasteiger partial charge in [-0.2, -0.15) is 0 Å². The molecule has 0 fully saturated rings. The number of aliphatic imine (C=N–C) groups is 1. The van der Waals surface area contributed by atoms with Gasteiger partial charge in [0.2, 0.25) is 0 Å². The first-order valence-electron chi connectivity index (χ1n) is 6.63. The molecular formula is C16H15NO. The molecule has 3 aliphatic rings. The average Bonchev–Trinajstić information content (AvgIpc) is 2.39. The average molecular weight is 237 g/mol. The molecule has 2 aliphatic carbocycles. The number of hydrogen-bond donors (Lipinski definition) is 0. The number of carbonyl (C=O) groups is 1. The summed E-state index contributed by atoms with van der Waals surface area (Å²) in [5.41, 5.74) is 2.27. The zero-order valence-corrected chi connectivity index (χ0v) is 10.2. The summed E-state index contributed by atoms with van der Waals surface area (Å²) in [5.74, 6) is 0.650. The highest BCUT2D eigenvalue weighted by atomic mass is 16.1. The molecule has 2 heteroatoms. The van der Waals surface area contributed by atoms with E-state index in [0.29, 0.717) is 12.0 Å². The van der Waals surface area contributed by atoms with E-state index in [1.165, 1.54) is 11.1 Å². The SMILES string of the molecule is O=C1C=CC[C@H]2[C@H]3Cc4ccccc4[C@@]12CC=N3. The molecule has 2 bridgehead atoms. The van der Waals surface area contributed by atoms with Gasteiger partial charge in [-0.05, 0) is 36.5 Å². The van der Waals surface area contributed by atoms with Gasteiger partial charge in [0.15, 0.2) is 5.78 Å². The van der Waals surface area contributed by atoms with Crippen LogP contribution in [0.1, 0.15) is 24.0 Å². The van der Waals surface area contributed by atoms with Gasteiger partial charge in [-0.15, -0.1) is 0 Å². The molecule has 0 aromatic heterocycles. The van der Waals surface area contributed by atoms with Crippen molar-refractivity contribution in [3.8, 4) is 0 Å². The molecule has 0 saturated carbocycles.